The van der Waals surface area contributed by atoms with E-state index in [-0.39, 0.29) is 6.61 Å². The van der Waals surface area contributed by atoms with E-state index in [1.807, 2.05) is 30.1 Å². The fourth-order valence-corrected chi connectivity index (χ4v) is 3.88. The third-order valence-electron chi connectivity index (χ3n) is 3.61. The molecule has 1 fully saturated rings. The van der Waals surface area contributed by atoms with Crippen LogP contribution in [0.25, 0.3) is 11.2 Å². The lowest BCUT2D eigenvalue weighted by Gasteiger charge is -2.12. The SMILES string of the molecule is OCCCc1nc2cccnc2n1CC1CCSC1. The number of aliphatic hydroxyl groups is 1. The number of pyridine rings is 1. The Hall–Kier alpha value is -1.07. The van der Waals surface area contributed by atoms with Gasteiger partial charge in [-0.2, -0.15) is 11.8 Å². The number of aryl methyl sites for hydroxylation is 1. The van der Waals surface area contributed by atoms with Gasteiger partial charge in [-0.15, -0.1) is 0 Å². The number of aliphatic hydroxyl groups excluding tert-OH is 1. The lowest BCUT2D eigenvalue weighted by atomic mass is 10.1. The maximum Gasteiger partial charge on any atom is 0.159 e. The van der Waals surface area contributed by atoms with Gasteiger partial charge in [0.1, 0.15) is 11.3 Å². The van der Waals surface area contributed by atoms with Crippen LogP contribution in [0.15, 0.2) is 18.3 Å². The summed E-state index contributed by atoms with van der Waals surface area (Å²) in [6, 6.07) is 3.95. The Morgan fingerprint density at radius 2 is 2.42 bits per heavy atom. The van der Waals surface area contributed by atoms with Crippen molar-refractivity contribution in [1.29, 1.82) is 0 Å². The van der Waals surface area contributed by atoms with Crippen molar-refractivity contribution in [1.82, 2.24) is 14.5 Å². The monoisotopic (exact) mass is 277 g/mol. The van der Waals surface area contributed by atoms with Crippen molar-refractivity contribution in [2.75, 3.05) is 18.1 Å². The van der Waals surface area contributed by atoms with Gasteiger partial charge in [0, 0.05) is 25.8 Å². The van der Waals surface area contributed by atoms with E-state index < -0.39 is 0 Å². The summed E-state index contributed by atoms with van der Waals surface area (Å²) < 4.78 is 2.27. The molecule has 2 aromatic heterocycles. The number of aromatic nitrogens is 3. The molecule has 5 heteroatoms. The molecule has 4 nitrogen and oxygen atoms in total. The fraction of sp³-hybridized carbons (Fsp3) is 0.571. The first-order valence-corrected chi connectivity index (χ1v) is 8.02. The summed E-state index contributed by atoms with van der Waals surface area (Å²) in [5.74, 6) is 4.32. The molecule has 1 N–H and O–H groups in total. The van der Waals surface area contributed by atoms with E-state index in [4.69, 9.17) is 5.11 Å². The molecule has 1 aliphatic rings. The number of hydrogen-bond donors (Lipinski definition) is 1. The normalized spacial score (nSPS) is 19.3. The third-order valence-corrected chi connectivity index (χ3v) is 4.84. The van der Waals surface area contributed by atoms with E-state index in [0.717, 1.165) is 42.3 Å². The molecule has 1 saturated heterocycles. The van der Waals surface area contributed by atoms with Gasteiger partial charge in [-0.1, -0.05) is 0 Å². The zero-order valence-electron chi connectivity index (χ0n) is 11.0. The second-order valence-electron chi connectivity index (χ2n) is 5.04. The lowest BCUT2D eigenvalue weighted by Crippen LogP contribution is -2.13. The molecular weight excluding hydrogens is 258 g/mol. The highest BCUT2D eigenvalue weighted by molar-refractivity contribution is 7.99. The Morgan fingerprint density at radius 3 is 3.21 bits per heavy atom. The molecule has 2 aromatic rings. The molecule has 1 atom stereocenters. The van der Waals surface area contributed by atoms with Crippen LogP contribution < -0.4 is 0 Å². The standard InChI is InChI=1S/C14H19N3OS/c18-7-2-4-13-16-12-3-1-6-15-14(12)17(13)9-11-5-8-19-10-11/h1,3,6,11,18H,2,4-5,7-10H2. The number of imidazole rings is 1. The van der Waals surface area contributed by atoms with E-state index in [9.17, 15) is 0 Å². The zero-order chi connectivity index (χ0) is 13.1. The molecule has 19 heavy (non-hydrogen) atoms. The van der Waals surface area contributed by atoms with Gasteiger partial charge < -0.3 is 9.67 Å². The summed E-state index contributed by atoms with van der Waals surface area (Å²) in [6.45, 7) is 1.23. The molecule has 0 amide bonds. The molecule has 0 bridgehead atoms. The minimum atomic E-state index is 0.218. The highest BCUT2D eigenvalue weighted by Crippen LogP contribution is 2.27. The van der Waals surface area contributed by atoms with Gasteiger partial charge in [0.25, 0.3) is 0 Å². The summed E-state index contributed by atoms with van der Waals surface area (Å²) in [7, 11) is 0. The average Bonchev–Trinajstić information content (AvgIpc) is 3.06. The van der Waals surface area contributed by atoms with Crippen molar-refractivity contribution in [2.24, 2.45) is 5.92 Å². The van der Waals surface area contributed by atoms with Gasteiger partial charge in [0.05, 0.1) is 0 Å². The van der Waals surface area contributed by atoms with Crippen molar-refractivity contribution in [3.8, 4) is 0 Å². The number of rotatable bonds is 5. The fourth-order valence-electron chi connectivity index (χ4n) is 2.61. The van der Waals surface area contributed by atoms with Gasteiger partial charge in [0.15, 0.2) is 5.65 Å². The van der Waals surface area contributed by atoms with Crippen molar-refractivity contribution in [3.05, 3.63) is 24.2 Å². The predicted octanol–water partition coefficient (Wildman–Crippen LogP) is 2.11. The summed E-state index contributed by atoms with van der Waals surface area (Å²) >= 11 is 2.04. The first-order chi connectivity index (χ1) is 9.38. The minimum absolute atomic E-state index is 0.218. The van der Waals surface area contributed by atoms with E-state index >= 15 is 0 Å². The first-order valence-electron chi connectivity index (χ1n) is 6.87. The molecule has 1 aliphatic heterocycles. The highest BCUT2D eigenvalue weighted by atomic mass is 32.2. The molecule has 3 rings (SSSR count). The van der Waals surface area contributed by atoms with Crippen molar-refractivity contribution < 1.29 is 5.11 Å². The summed E-state index contributed by atoms with van der Waals surface area (Å²) in [5, 5.41) is 9.02. The van der Waals surface area contributed by atoms with Gasteiger partial charge in [-0.3, -0.25) is 0 Å². The van der Waals surface area contributed by atoms with Gasteiger partial charge >= 0.3 is 0 Å². The molecule has 0 aromatic carbocycles. The molecule has 0 aliphatic carbocycles. The van der Waals surface area contributed by atoms with Crippen molar-refractivity contribution >= 4 is 22.9 Å². The summed E-state index contributed by atoms with van der Waals surface area (Å²) in [6.07, 6.45) is 4.71. The smallest absolute Gasteiger partial charge is 0.159 e. The zero-order valence-corrected chi connectivity index (χ0v) is 11.8. The van der Waals surface area contributed by atoms with Crippen molar-refractivity contribution in [2.45, 2.75) is 25.8 Å². The van der Waals surface area contributed by atoms with E-state index in [0.29, 0.717) is 0 Å². The molecule has 3 heterocycles. The maximum atomic E-state index is 9.02. The molecular formula is C14H19N3OS. The van der Waals surface area contributed by atoms with Crippen LogP contribution in [-0.4, -0.2) is 37.8 Å². The van der Waals surface area contributed by atoms with Crippen LogP contribution in [0.4, 0.5) is 0 Å². The summed E-state index contributed by atoms with van der Waals surface area (Å²) in [4.78, 5) is 9.16. The quantitative estimate of drug-likeness (QED) is 0.909. The van der Waals surface area contributed by atoms with Gasteiger partial charge in [0.2, 0.25) is 0 Å². The van der Waals surface area contributed by atoms with Crippen LogP contribution in [0.3, 0.4) is 0 Å². The van der Waals surface area contributed by atoms with Crippen LogP contribution in [0.2, 0.25) is 0 Å². The molecule has 0 radical (unpaired) electrons. The second kappa shape index (κ2) is 5.92. The van der Waals surface area contributed by atoms with Crippen LogP contribution in [0.1, 0.15) is 18.7 Å². The maximum absolute atomic E-state index is 9.02. The Morgan fingerprint density at radius 1 is 1.47 bits per heavy atom. The Balaban J connectivity index is 1.92. The predicted molar refractivity (Wildman–Crippen MR) is 78.4 cm³/mol. The molecule has 0 saturated carbocycles. The van der Waals surface area contributed by atoms with E-state index in [1.165, 1.54) is 17.9 Å². The highest BCUT2D eigenvalue weighted by Gasteiger charge is 2.19. The van der Waals surface area contributed by atoms with Crippen LogP contribution in [0, 0.1) is 5.92 Å². The number of thioether (sulfide) groups is 1. The largest absolute Gasteiger partial charge is 0.396 e. The number of hydrogen-bond acceptors (Lipinski definition) is 4. The van der Waals surface area contributed by atoms with Crippen LogP contribution >= 0.6 is 11.8 Å². The van der Waals surface area contributed by atoms with Crippen LogP contribution in [-0.2, 0) is 13.0 Å². The third kappa shape index (κ3) is 2.77. The Labute approximate surface area is 117 Å². The number of fused-ring (bicyclic) bond motifs is 1. The first kappa shape index (κ1) is 12.9. The van der Waals surface area contributed by atoms with E-state index in [1.54, 1.807) is 0 Å². The van der Waals surface area contributed by atoms with E-state index in [2.05, 4.69) is 14.5 Å². The van der Waals surface area contributed by atoms with Gasteiger partial charge in [-0.25, -0.2) is 9.97 Å². The second-order valence-corrected chi connectivity index (χ2v) is 6.19. The lowest BCUT2D eigenvalue weighted by molar-refractivity contribution is 0.286. The van der Waals surface area contributed by atoms with Crippen molar-refractivity contribution in [3.63, 3.8) is 0 Å². The summed E-state index contributed by atoms with van der Waals surface area (Å²) in [5.41, 5.74) is 1.97. The van der Waals surface area contributed by atoms with Gasteiger partial charge in [-0.05, 0) is 42.4 Å². The Kier molecular flexibility index (Phi) is 4.03. The van der Waals surface area contributed by atoms with Crippen LogP contribution in [0.5, 0.6) is 0 Å². The average molecular weight is 277 g/mol. The molecule has 1 unspecified atom stereocenters. The Bertz CT molecular complexity index is 549. The molecule has 102 valence electrons. The number of nitrogens with zero attached hydrogens (tertiary/aromatic N) is 3. The minimum Gasteiger partial charge on any atom is -0.396 e. The molecule has 0 spiro atoms. The topological polar surface area (TPSA) is 50.9 Å².